The Kier molecular flexibility index (Phi) is 6.44. The minimum Gasteiger partial charge on any atom is -0.339 e. The molecule has 1 aliphatic rings. The van der Waals surface area contributed by atoms with Gasteiger partial charge in [-0.15, -0.1) is 0 Å². The Morgan fingerprint density at radius 2 is 1.78 bits per heavy atom. The maximum atomic E-state index is 12.6. The Morgan fingerprint density at radius 3 is 2.50 bits per heavy atom. The highest BCUT2D eigenvalue weighted by Gasteiger charge is 2.19. The minimum absolute atomic E-state index is 0.0650. The lowest BCUT2D eigenvalue weighted by Gasteiger charge is -2.29. The molecule has 0 radical (unpaired) electrons. The summed E-state index contributed by atoms with van der Waals surface area (Å²) in [6.45, 7) is 2.18. The van der Waals surface area contributed by atoms with E-state index in [0.29, 0.717) is 28.5 Å². The molecule has 2 aromatic heterocycles. The number of benzene rings is 2. The maximum absolute atomic E-state index is 12.6. The number of anilines is 4. The van der Waals surface area contributed by atoms with Crippen LogP contribution >= 0.6 is 0 Å². The van der Waals surface area contributed by atoms with Gasteiger partial charge in [-0.2, -0.15) is 0 Å². The molecular weight excluding hydrogens is 478 g/mol. The largest absolute Gasteiger partial charge is 0.339 e. The van der Waals surface area contributed by atoms with Crippen LogP contribution in [0.4, 0.5) is 23.0 Å². The van der Waals surface area contributed by atoms with Gasteiger partial charge in [0.1, 0.15) is 21.9 Å². The number of pyridine rings is 1. The molecule has 1 aliphatic heterocycles. The van der Waals surface area contributed by atoms with Crippen molar-refractivity contribution in [3.05, 3.63) is 76.8 Å². The number of hydrogen-bond acceptors (Lipinski definition) is 8. The van der Waals surface area contributed by atoms with Crippen molar-refractivity contribution in [1.29, 1.82) is 0 Å². The second-order valence-electron chi connectivity index (χ2n) is 8.97. The fourth-order valence-corrected chi connectivity index (χ4v) is 5.21. The molecule has 10 nitrogen and oxygen atoms in total. The van der Waals surface area contributed by atoms with Crippen LogP contribution in [0.1, 0.15) is 24.3 Å². The highest BCUT2D eigenvalue weighted by Crippen LogP contribution is 2.31. The normalized spacial score (nSPS) is 15.2. The summed E-state index contributed by atoms with van der Waals surface area (Å²) in [6, 6.07) is 16.0. The summed E-state index contributed by atoms with van der Waals surface area (Å²) >= 11 is 0. The molecule has 0 aliphatic carbocycles. The topological polar surface area (TPSA) is 146 Å². The number of rotatable bonds is 6. The first-order chi connectivity index (χ1) is 17.3. The van der Waals surface area contributed by atoms with E-state index in [1.165, 1.54) is 18.0 Å². The molecule has 2 aromatic carbocycles. The highest BCUT2D eigenvalue weighted by molar-refractivity contribution is 7.89. The standard InChI is InChI=1S/C25H27N7O3S/c1-32-12-10-17(11-13-32)16-6-8-18(9-7-16)29-24-23-20(27-15-28-25(23)33)14-22(31-24)30-19-4-2-3-5-21(19)36(26,34)35/h2-9,14-15,17H,10-13H2,1H3,(H2,26,34,35)(H,27,28,33)(H2,29,30,31). The number of fused-ring (bicyclic) bond motifs is 1. The fraction of sp³-hybridized carbons (Fsp3) is 0.240. The van der Waals surface area contributed by atoms with Gasteiger partial charge in [-0.05, 0) is 68.7 Å². The van der Waals surface area contributed by atoms with E-state index >= 15 is 0 Å². The van der Waals surface area contributed by atoms with E-state index in [9.17, 15) is 13.2 Å². The Labute approximate surface area is 208 Å². The van der Waals surface area contributed by atoms with Gasteiger partial charge in [0.25, 0.3) is 5.56 Å². The van der Waals surface area contributed by atoms with E-state index in [4.69, 9.17) is 5.14 Å². The number of piperidine rings is 1. The lowest BCUT2D eigenvalue weighted by atomic mass is 9.89. The third-order valence-electron chi connectivity index (χ3n) is 6.44. The molecule has 186 valence electrons. The van der Waals surface area contributed by atoms with Gasteiger partial charge in [0.05, 0.1) is 17.5 Å². The molecule has 5 rings (SSSR count). The molecule has 0 spiro atoms. The van der Waals surface area contributed by atoms with Gasteiger partial charge in [0.15, 0.2) is 0 Å². The monoisotopic (exact) mass is 505 g/mol. The number of H-pyrrole nitrogens is 1. The van der Waals surface area contributed by atoms with E-state index < -0.39 is 10.0 Å². The third-order valence-corrected chi connectivity index (χ3v) is 7.41. The van der Waals surface area contributed by atoms with Crippen molar-refractivity contribution >= 4 is 43.9 Å². The fourth-order valence-electron chi connectivity index (χ4n) is 4.52. The van der Waals surface area contributed by atoms with Crippen LogP contribution < -0.4 is 21.3 Å². The van der Waals surface area contributed by atoms with Crippen molar-refractivity contribution in [1.82, 2.24) is 19.9 Å². The van der Waals surface area contributed by atoms with Crippen molar-refractivity contribution in [3.8, 4) is 0 Å². The highest BCUT2D eigenvalue weighted by atomic mass is 32.2. The Morgan fingerprint density at radius 1 is 1.06 bits per heavy atom. The average molecular weight is 506 g/mol. The lowest BCUT2D eigenvalue weighted by Crippen LogP contribution is -2.29. The number of aromatic nitrogens is 3. The predicted octanol–water partition coefficient (Wildman–Crippen LogP) is 3.26. The van der Waals surface area contributed by atoms with Crippen molar-refractivity contribution in [2.24, 2.45) is 5.14 Å². The number of nitrogens with one attached hydrogen (secondary N) is 3. The molecule has 36 heavy (non-hydrogen) atoms. The van der Waals surface area contributed by atoms with Gasteiger partial charge in [-0.25, -0.2) is 23.5 Å². The number of para-hydroxylation sites is 1. The zero-order valence-electron chi connectivity index (χ0n) is 19.7. The Balaban J connectivity index is 1.48. The van der Waals surface area contributed by atoms with Gasteiger partial charge in [-0.3, -0.25) is 4.79 Å². The van der Waals surface area contributed by atoms with Crippen molar-refractivity contribution in [2.45, 2.75) is 23.7 Å². The molecule has 0 atom stereocenters. The second kappa shape index (κ2) is 9.69. The van der Waals surface area contributed by atoms with Crippen molar-refractivity contribution in [2.75, 3.05) is 30.8 Å². The summed E-state index contributed by atoms with van der Waals surface area (Å²) in [5, 5.41) is 11.9. The number of likely N-dealkylation sites (tertiary alicyclic amines) is 1. The van der Waals surface area contributed by atoms with Crippen LogP contribution in [0.3, 0.4) is 0 Å². The molecule has 5 N–H and O–H groups in total. The quantitative estimate of drug-likeness (QED) is 0.312. The van der Waals surface area contributed by atoms with Gasteiger partial charge < -0.3 is 20.5 Å². The van der Waals surface area contributed by atoms with Crippen molar-refractivity contribution in [3.63, 3.8) is 0 Å². The Hall–Kier alpha value is -3.80. The maximum Gasteiger partial charge on any atom is 0.262 e. The van der Waals surface area contributed by atoms with E-state index in [1.807, 2.05) is 12.1 Å². The molecule has 1 saturated heterocycles. The molecule has 0 bridgehead atoms. The van der Waals surface area contributed by atoms with Crippen LogP contribution in [0.25, 0.3) is 10.9 Å². The number of nitrogens with two attached hydrogens (primary N) is 1. The molecule has 3 heterocycles. The first kappa shape index (κ1) is 23.9. The SMILES string of the molecule is CN1CCC(c2ccc(Nc3nc(Nc4ccccc4S(N)(=O)=O)cc4nc[nH]c(=O)c34)cc2)CC1. The van der Waals surface area contributed by atoms with Crippen LogP contribution in [-0.4, -0.2) is 48.4 Å². The summed E-state index contributed by atoms with van der Waals surface area (Å²) < 4.78 is 24.0. The molecule has 0 unspecified atom stereocenters. The smallest absolute Gasteiger partial charge is 0.262 e. The predicted molar refractivity (Wildman–Crippen MR) is 140 cm³/mol. The van der Waals surface area contributed by atoms with Crippen LogP contribution in [0.2, 0.25) is 0 Å². The van der Waals surface area contributed by atoms with Gasteiger partial charge in [-0.1, -0.05) is 24.3 Å². The second-order valence-corrected chi connectivity index (χ2v) is 10.5. The molecule has 1 fully saturated rings. The van der Waals surface area contributed by atoms with Crippen molar-refractivity contribution < 1.29 is 8.42 Å². The van der Waals surface area contributed by atoms with Gasteiger partial charge >= 0.3 is 0 Å². The average Bonchev–Trinajstić information content (AvgIpc) is 2.85. The molecule has 0 amide bonds. The van der Waals surface area contributed by atoms with Crippen LogP contribution in [-0.2, 0) is 10.0 Å². The van der Waals surface area contributed by atoms with Crippen LogP contribution in [0, 0.1) is 0 Å². The summed E-state index contributed by atoms with van der Waals surface area (Å²) in [5.74, 6) is 1.14. The zero-order chi connectivity index (χ0) is 25.3. The summed E-state index contributed by atoms with van der Waals surface area (Å²) in [6.07, 6.45) is 3.57. The molecular formula is C25H27N7O3S. The van der Waals surface area contributed by atoms with Crippen LogP contribution in [0.15, 0.2) is 70.6 Å². The summed E-state index contributed by atoms with van der Waals surface area (Å²) in [4.78, 5) is 26.4. The van der Waals surface area contributed by atoms with E-state index in [1.54, 1.807) is 24.3 Å². The van der Waals surface area contributed by atoms with Gasteiger partial charge in [0, 0.05) is 11.8 Å². The van der Waals surface area contributed by atoms with Crippen LogP contribution in [0.5, 0.6) is 0 Å². The van der Waals surface area contributed by atoms with E-state index in [2.05, 4.69) is 49.7 Å². The third kappa shape index (κ3) is 5.08. The molecule has 4 aromatic rings. The Bertz CT molecular complexity index is 1560. The minimum atomic E-state index is -3.96. The van der Waals surface area contributed by atoms with Gasteiger partial charge in [0.2, 0.25) is 10.0 Å². The lowest BCUT2D eigenvalue weighted by molar-refractivity contribution is 0.255. The number of aromatic amines is 1. The molecule has 11 heteroatoms. The summed E-state index contributed by atoms with van der Waals surface area (Å²) in [7, 11) is -1.81. The first-order valence-electron chi connectivity index (χ1n) is 11.6. The number of nitrogens with zero attached hydrogens (tertiary/aromatic N) is 3. The molecule has 0 saturated carbocycles. The first-order valence-corrected chi connectivity index (χ1v) is 13.2. The number of primary sulfonamides is 1. The zero-order valence-corrected chi connectivity index (χ0v) is 20.5. The number of sulfonamides is 1. The van der Waals surface area contributed by atoms with E-state index in [-0.39, 0.29) is 16.1 Å². The number of hydrogen-bond donors (Lipinski definition) is 4. The summed E-state index contributed by atoms with van der Waals surface area (Å²) in [5.41, 5.74) is 2.39. The van der Waals surface area contributed by atoms with E-state index in [0.717, 1.165) is 31.6 Å².